The predicted molar refractivity (Wildman–Crippen MR) is 101 cm³/mol. The number of hydrogen-bond acceptors (Lipinski definition) is 2. The van der Waals surface area contributed by atoms with Crippen LogP contribution in [0, 0.1) is 0 Å². The molecule has 3 rings (SSSR count). The molecule has 128 valence electrons. The third kappa shape index (κ3) is 3.59. The quantitative estimate of drug-likeness (QED) is 0.517. The topological polar surface area (TPSA) is 62.0 Å². The molecule has 0 aliphatic heterocycles. The lowest BCUT2D eigenvalue weighted by Crippen LogP contribution is -2.22. The highest BCUT2D eigenvalue weighted by atomic mass is 35.5. The molecule has 0 saturated heterocycles. The van der Waals surface area contributed by atoms with Gasteiger partial charge in [0, 0.05) is 27.8 Å². The van der Waals surface area contributed by atoms with Gasteiger partial charge in [-0.2, -0.15) is 0 Å². The number of H-pyrrole nitrogens is 1. The lowest BCUT2D eigenvalue weighted by Gasteiger charge is -2.19. The van der Waals surface area contributed by atoms with Crippen molar-refractivity contribution in [3.8, 4) is 0 Å². The van der Waals surface area contributed by atoms with Crippen LogP contribution in [-0.2, 0) is 10.2 Å². The van der Waals surface area contributed by atoms with Crippen molar-refractivity contribution in [1.82, 2.24) is 4.98 Å². The molecule has 0 spiro atoms. The van der Waals surface area contributed by atoms with E-state index in [1.54, 1.807) is 30.3 Å². The summed E-state index contributed by atoms with van der Waals surface area (Å²) in [6, 6.07) is 12.7. The lowest BCUT2D eigenvalue weighted by molar-refractivity contribution is -0.112. The minimum atomic E-state index is -0.676. The highest BCUT2D eigenvalue weighted by molar-refractivity contribution is 6.48. The van der Waals surface area contributed by atoms with E-state index in [9.17, 15) is 9.59 Å². The summed E-state index contributed by atoms with van der Waals surface area (Å²) in [5.74, 6) is -1.28. The van der Waals surface area contributed by atoms with Crippen molar-refractivity contribution in [3.05, 3.63) is 64.8 Å². The molecule has 25 heavy (non-hydrogen) atoms. The fourth-order valence-electron chi connectivity index (χ4n) is 2.64. The highest BCUT2D eigenvalue weighted by Crippen LogP contribution is 2.25. The van der Waals surface area contributed by atoms with E-state index in [1.807, 2.05) is 12.1 Å². The van der Waals surface area contributed by atoms with Gasteiger partial charge in [-0.25, -0.2) is 0 Å². The smallest absolute Gasteiger partial charge is 0.296 e. The van der Waals surface area contributed by atoms with Crippen molar-refractivity contribution in [2.24, 2.45) is 0 Å². The van der Waals surface area contributed by atoms with Gasteiger partial charge < -0.3 is 10.3 Å². The van der Waals surface area contributed by atoms with E-state index in [4.69, 9.17) is 11.6 Å². The van der Waals surface area contributed by atoms with Crippen molar-refractivity contribution < 1.29 is 9.59 Å². The summed E-state index contributed by atoms with van der Waals surface area (Å²) >= 11 is 5.99. The molecule has 4 nitrogen and oxygen atoms in total. The summed E-state index contributed by atoms with van der Waals surface area (Å²) in [6.45, 7) is 6.35. The summed E-state index contributed by atoms with van der Waals surface area (Å²) in [4.78, 5) is 27.8. The van der Waals surface area contributed by atoms with E-state index in [0.717, 1.165) is 11.1 Å². The largest absolute Gasteiger partial charge is 0.360 e. The molecule has 0 aliphatic rings. The van der Waals surface area contributed by atoms with Gasteiger partial charge in [-0.3, -0.25) is 9.59 Å². The van der Waals surface area contributed by atoms with E-state index in [2.05, 4.69) is 31.1 Å². The number of halogens is 1. The molecule has 2 aromatic carbocycles. The van der Waals surface area contributed by atoms with E-state index in [0.29, 0.717) is 21.7 Å². The van der Waals surface area contributed by atoms with Crippen molar-refractivity contribution in [2.75, 3.05) is 5.32 Å². The molecule has 0 saturated carbocycles. The molecule has 0 radical (unpaired) electrons. The number of carbonyl (C=O) groups excluding carboxylic acids is 2. The average molecular weight is 355 g/mol. The van der Waals surface area contributed by atoms with Crippen LogP contribution in [0.1, 0.15) is 36.7 Å². The summed E-state index contributed by atoms with van der Waals surface area (Å²) in [5.41, 5.74) is 2.84. The lowest BCUT2D eigenvalue weighted by atomic mass is 9.87. The van der Waals surface area contributed by atoms with Crippen LogP contribution in [0.15, 0.2) is 48.7 Å². The zero-order chi connectivity index (χ0) is 18.2. The Labute approximate surface area is 151 Å². The number of fused-ring (bicyclic) bond motifs is 1. The van der Waals surface area contributed by atoms with Crippen LogP contribution < -0.4 is 5.32 Å². The number of Topliss-reactive ketones (excluding diaryl/α,β-unsaturated/α-hetero) is 1. The van der Waals surface area contributed by atoms with Crippen molar-refractivity contribution >= 4 is 39.9 Å². The number of ketones is 1. The summed E-state index contributed by atoms with van der Waals surface area (Å²) in [6.07, 6.45) is 1.53. The Morgan fingerprint density at radius 3 is 2.36 bits per heavy atom. The maximum atomic E-state index is 12.5. The van der Waals surface area contributed by atoms with E-state index in [1.165, 1.54) is 6.20 Å². The number of amides is 1. The summed E-state index contributed by atoms with van der Waals surface area (Å²) < 4.78 is 0. The standard InChI is InChI=1S/C20H19ClN2O2/c1-20(2,3)12-4-7-14(8-5-12)23-19(25)18(24)16-11-22-17-9-6-13(21)10-15(16)17/h4-11,22H,1-3H3,(H,23,25). The van der Waals surface area contributed by atoms with Crippen molar-refractivity contribution in [1.29, 1.82) is 0 Å². The molecule has 1 aromatic heterocycles. The summed E-state index contributed by atoms with van der Waals surface area (Å²) in [7, 11) is 0. The minimum absolute atomic E-state index is 0.0294. The Kier molecular flexibility index (Phi) is 4.39. The zero-order valence-corrected chi connectivity index (χ0v) is 15.1. The molecular weight excluding hydrogens is 336 g/mol. The number of carbonyl (C=O) groups is 2. The predicted octanol–water partition coefficient (Wildman–Crippen LogP) is 4.94. The molecule has 0 bridgehead atoms. The number of nitrogens with one attached hydrogen (secondary N) is 2. The van der Waals surface area contributed by atoms with Gasteiger partial charge in [-0.1, -0.05) is 44.5 Å². The number of hydrogen-bond donors (Lipinski definition) is 2. The molecule has 3 aromatic rings. The Morgan fingerprint density at radius 2 is 1.72 bits per heavy atom. The van der Waals surface area contributed by atoms with Gasteiger partial charge in [0.1, 0.15) is 0 Å². The monoisotopic (exact) mass is 354 g/mol. The molecule has 0 unspecified atom stereocenters. The number of anilines is 1. The van der Waals surface area contributed by atoms with E-state index >= 15 is 0 Å². The first-order chi connectivity index (χ1) is 11.8. The van der Waals surface area contributed by atoms with Gasteiger partial charge in [0.05, 0.1) is 5.56 Å². The normalized spacial score (nSPS) is 11.5. The van der Waals surface area contributed by atoms with Crippen LogP contribution in [0.5, 0.6) is 0 Å². The van der Waals surface area contributed by atoms with Gasteiger partial charge in [0.15, 0.2) is 0 Å². The minimum Gasteiger partial charge on any atom is -0.360 e. The van der Waals surface area contributed by atoms with Crippen LogP contribution in [-0.4, -0.2) is 16.7 Å². The molecule has 5 heteroatoms. The first-order valence-electron chi connectivity index (χ1n) is 7.98. The van der Waals surface area contributed by atoms with Crippen LogP contribution in [0.4, 0.5) is 5.69 Å². The Bertz CT molecular complexity index is 950. The fraction of sp³-hybridized carbons (Fsp3) is 0.200. The maximum Gasteiger partial charge on any atom is 0.296 e. The van der Waals surface area contributed by atoms with Crippen LogP contribution in [0.3, 0.4) is 0 Å². The van der Waals surface area contributed by atoms with E-state index < -0.39 is 11.7 Å². The van der Waals surface area contributed by atoms with Crippen LogP contribution in [0.25, 0.3) is 10.9 Å². The van der Waals surface area contributed by atoms with Gasteiger partial charge in [-0.05, 0) is 41.3 Å². The van der Waals surface area contributed by atoms with Crippen LogP contribution >= 0.6 is 11.6 Å². The second-order valence-electron chi connectivity index (χ2n) is 7.00. The molecule has 0 fully saturated rings. The van der Waals surface area contributed by atoms with Crippen molar-refractivity contribution in [2.45, 2.75) is 26.2 Å². The Hall–Kier alpha value is -2.59. The second kappa shape index (κ2) is 6.37. The molecular formula is C20H19ClN2O2. The molecule has 0 aliphatic carbocycles. The third-order valence-electron chi connectivity index (χ3n) is 4.10. The van der Waals surface area contributed by atoms with Gasteiger partial charge >= 0.3 is 0 Å². The second-order valence-corrected chi connectivity index (χ2v) is 7.44. The number of aromatic nitrogens is 1. The van der Waals surface area contributed by atoms with Crippen molar-refractivity contribution in [3.63, 3.8) is 0 Å². The highest BCUT2D eigenvalue weighted by Gasteiger charge is 2.20. The van der Waals surface area contributed by atoms with Crippen LogP contribution in [0.2, 0.25) is 5.02 Å². The molecule has 1 amide bonds. The summed E-state index contributed by atoms with van der Waals surface area (Å²) in [5, 5.41) is 3.80. The number of benzene rings is 2. The average Bonchev–Trinajstić information content (AvgIpc) is 2.96. The SMILES string of the molecule is CC(C)(C)c1ccc(NC(=O)C(=O)c2c[nH]c3ccc(Cl)cc23)cc1. The van der Waals surface area contributed by atoms with Gasteiger partial charge in [0.25, 0.3) is 11.7 Å². The zero-order valence-electron chi connectivity index (χ0n) is 14.3. The van der Waals surface area contributed by atoms with E-state index in [-0.39, 0.29) is 5.41 Å². The first kappa shape index (κ1) is 17.2. The maximum absolute atomic E-state index is 12.5. The Morgan fingerprint density at radius 1 is 1.04 bits per heavy atom. The van der Waals surface area contributed by atoms with Gasteiger partial charge in [0.2, 0.25) is 0 Å². The Balaban J connectivity index is 1.80. The first-order valence-corrected chi connectivity index (χ1v) is 8.36. The molecule has 1 heterocycles. The molecule has 2 N–H and O–H groups in total. The number of rotatable bonds is 3. The van der Waals surface area contributed by atoms with Gasteiger partial charge in [-0.15, -0.1) is 0 Å². The fourth-order valence-corrected chi connectivity index (χ4v) is 2.82. The number of aromatic amines is 1. The molecule has 0 atom stereocenters. The third-order valence-corrected chi connectivity index (χ3v) is 4.34.